The van der Waals surface area contributed by atoms with Gasteiger partial charge in [0.05, 0.1) is 0 Å². The van der Waals surface area contributed by atoms with Gasteiger partial charge in [-0.15, -0.1) is 0 Å². The van der Waals surface area contributed by atoms with Crippen LogP contribution in [0.3, 0.4) is 0 Å². The Bertz CT molecular complexity index is 175. The third-order valence-corrected chi connectivity index (χ3v) is 6.26. The Morgan fingerprint density at radius 3 is 2.06 bits per heavy atom. The summed E-state index contributed by atoms with van der Waals surface area (Å²) in [5.74, 6) is 1.62. The van der Waals surface area contributed by atoms with Gasteiger partial charge in [-0.2, -0.15) is 0 Å². The van der Waals surface area contributed by atoms with Crippen LogP contribution in [0.4, 0.5) is 0 Å². The first-order valence-corrected chi connectivity index (χ1v) is 8.35. The largest absolute Gasteiger partial charge is 0.400 e. The van der Waals surface area contributed by atoms with Crippen molar-refractivity contribution >= 4 is 9.28 Å². The highest BCUT2D eigenvalue weighted by Gasteiger charge is 2.33. The summed E-state index contributed by atoms with van der Waals surface area (Å²) in [6.07, 6.45) is 8.32. The molecule has 0 aliphatic heterocycles. The third kappa shape index (κ3) is 4.19. The van der Waals surface area contributed by atoms with E-state index in [2.05, 4.69) is 13.8 Å². The molecule has 1 fully saturated rings. The Balaban J connectivity index is 2.60. The fourth-order valence-corrected chi connectivity index (χ4v) is 5.57. The first kappa shape index (κ1) is 14.2. The van der Waals surface area contributed by atoms with Crippen LogP contribution in [-0.2, 0) is 8.85 Å². The predicted molar refractivity (Wildman–Crippen MR) is 70.9 cm³/mol. The summed E-state index contributed by atoms with van der Waals surface area (Å²) >= 11 is 0. The highest BCUT2D eigenvalue weighted by atomic mass is 28.3. The molecule has 0 amide bonds. The number of hydrogen-bond acceptors (Lipinski definition) is 2. The number of rotatable bonds is 6. The topological polar surface area (TPSA) is 18.5 Å². The van der Waals surface area contributed by atoms with Crippen LogP contribution in [0.25, 0.3) is 0 Å². The Morgan fingerprint density at radius 2 is 1.62 bits per heavy atom. The highest BCUT2D eigenvalue weighted by molar-refractivity contribution is 6.46. The average molecular weight is 244 g/mol. The molecule has 0 aromatic rings. The van der Waals surface area contributed by atoms with Crippen LogP contribution in [0.1, 0.15) is 52.4 Å². The lowest BCUT2D eigenvalue weighted by Crippen LogP contribution is -2.33. The quantitative estimate of drug-likeness (QED) is 0.666. The fraction of sp³-hybridized carbons (Fsp3) is 1.00. The molecule has 1 saturated carbocycles. The summed E-state index contributed by atoms with van der Waals surface area (Å²) in [4.78, 5) is 0. The monoisotopic (exact) mass is 244 g/mol. The minimum atomic E-state index is -1.44. The predicted octanol–water partition coefficient (Wildman–Crippen LogP) is 3.50. The van der Waals surface area contributed by atoms with Crippen molar-refractivity contribution < 1.29 is 8.85 Å². The summed E-state index contributed by atoms with van der Waals surface area (Å²) in [5.41, 5.74) is 0.718. The molecule has 0 radical (unpaired) electrons. The van der Waals surface area contributed by atoms with Crippen LogP contribution in [0.5, 0.6) is 0 Å². The molecule has 1 unspecified atom stereocenters. The molecule has 0 N–H and O–H groups in total. The third-order valence-electron chi connectivity index (χ3n) is 3.81. The van der Waals surface area contributed by atoms with Crippen molar-refractivity contribution in [3.63, 3.8) is 0 Å². The van der Waals surface area contributed by atoms with Crippen LogP contribution >= 0.6 is 0 Å². The maximum absolute atomic E-state index is 5.63. The lowest BCUT2D eigenvalue weighted by Gasteiger charge is -2.34. The molecule has 0 heterocycles. The second-order valence-corrected chi connectivity index (χ2v) is 8.07. The van der Waals surface area contributed by atoms with E-state index in [-0.39, 0.29) is 0 Å². The molecule has 1 rings (SSSR count). The van der Waals surface area contributed by atoms with Gasteiger partial charge in [0.15, 0.2) is 0 Å². The Labute approximate surface area is 103 Å². The summed E-state index contributed by atoms with van der Waals surface area (Å²) in [6.45, 7) is 4.62. The fourth-order valence-electron chi connectivity index (χ4n) is 3.08. The Hall–Kier alpha value is 0.137. The molecule has 3 heteroatoms. The normalized spacial score (nSPS) is 20.6. The summed E-state index contributed by atoms with van der Waals surface area (Å²) < 4.78 is 11.3. The van der Waals surface area contributed by atoms with Gasteiger partial charge in [-0.05, 0) is 18.3 Å². The summed E-state index contributed by atoms with van der Waals surface area (Å²) in [7, 11) is 2.22. The Morgan fingerprint density at radius 1 is 1.06 bits per heavy atom. The maximum atomic E-state index is 5.63. The van der Waals surface area contributed by atoms with Crippen molar-refractivity contribution in [1.82, 2.24) is 0 Å². The van der Waals surface area contributed by atoms with Crippen LogP contribution in [0.2, 0.25) is 5.54 Å². The molecule has 0 aromatic heterocycles. The minimum absolute atomic E-state index is 0.718. The van der Waals surface area contributed by atoms with Crippen molar-refractivity contribution in [2.45, 2.75) is 57.9 Å². The molecule has 96 valence electrons. The zero-order chi connectivity index (χ0) is 12.0. The van der Waals surface area contributed by atoms with E-state index in [0.717, 1.165) is 17.4 Å². The second kappa shape index (κ2) is 7.46. The van der Waals surface area contributed by atoms with Crippen LogP contribution < -0.4 is 0 Å². The summed E-state index contributed by atoms with van der Waals surface area (Å²) in [5, 5.41) is 0. The van der Waals surface area contributed by atoms with Crippen LogP contribution in [0.15, 0.2) is 0 Å². The molecular formula is C13H28O2Si. The van der Waals surface area contributed by atoms with Gasteiger partial charge in [0.1, 0.15) is 0 Å². The van der Waals surface area contributed by atoms with E-state index in [4.69, 9.17) is 8.85 Å². The van der Waals surface area contributed by atoms with E-state index in [1.54, 1.807) is 0 Å². The van der Waals surface area contributed by atoms with Gasteiger partial charge < -0.3 is 8.85 Å². The first-order chi connectivity index (χ1) is 7.69. The van der Waals surface area contributed by atoms with Crippen LogP contribution in [-0.4, -0.2) is 23.5 Å². The zero-order valence-electron chi connectivity index (χ0n) is 11.4. The minimum Gasteiger partial charge on any atom is -0.400 e. The van der Waals surface area contributed by atoms with Gasteiger partial charge in [0, 0.05) is 19.8 Å². The number of hydrogen-bond donors (Lipinski definition) is 0. The van der Waals surface area contributed by atoms with Gasteiger partial charge in [0.2, 0.25) is 0 Å². The first-order valence-electron chi connectivity index (χ1n) is 6.74. The lowest BCUT2D eigenvalue weighted by molar-refractivity contribution is 0.219. The molecule has 1 atom stereocenters. The SMILES string of the molecule is CO[SiH](OC)C(CC(C)C)C1CCCCC1. The highest BCUT2D eigenvalue weighted by Crippen LogP contribution is 2.39. The molecular weight excluding hydrogens is 216 g/mol. The molecule has 1 aliphatic carbocycles. The molecule has 1 aliphatic rings. The zero-order valence-corrected chi connectivity index (χ0v) is 12.5. The molecule has 16 heavy (non-hydrogen) atoms. The standard InChI is InChI=1S/C13H28O2Si/c1-11(2)10-13(16(14-3)15-4)12-8-6-5-7-9-12/h11-13,16H,5-10H2,1-4H3. The molecule has 2 nitrogen and oxygen atoms in total. The van der Waals surface area contributed by atoms with Crippen molar-refractivity contribution in [1.29, 1.82) is 0 Å². The van der Waals surface area contributed by atoms with E-state index in [0.29, 0.717) is 0 Å². The molecule has 0 bridgehead atoms. The van der Waals surface area contributed by atoms with Crippen molar-refractivity contribution in [2.75, 3.05) is 14.2 Å². The average Bonchev–Trinajstić information content (AvgIpc) is 2.30. The van der Waals surface area contributed by atoms with Crippen LogP contribution in [0, 0.1) is 11.8 Å². The summed E-state index contributed by atoms with van der Waals surface area (Å²) in [6, 6.07) is 0. The van der Waals surface area contributed by atoms with Gasteiger partial charge in [-0.1, -0.05) is 46.0 Å². The molecule has 0 spiro atoms. The van der Waals surface area contributed by atoms with E-state index < -0.39 is 9.28 Å². The van der Waals surface area contributed by atoms with Gasteiger partial charge in [-0.3, -0.25) is 0 Å². The second-order valence-electron chi connectivity index (χ2n) is 5.53. The maximum Gasteiger partial charge on any atom is 0.324 e. The van der Waals surface area contributed by atoms with Crippen molar-refractivity contribution in [3.8, 4) is 0 Å². The van der Waals surface area contributed by atoms with Crippen molar-refractivity contribution in [3.05, 3.63) is 0 Å². The molecule has 0 aromatic carbocycles. The lowest BCUT2D eigenvalue weighted by atomic mass is 9.84. The van der Waals surface area contributed by atoms with Gasteiger partial charge in [0.25, 0.3) is 0 Å². The van der Waals surface area contributed by atoms with E-state index in [1.807, 2.05) is 14.2 Å². The van der Waals surface area contributed by atoms with Gasteiger partial charge in [-0.25, -0.2) is 0 Å². The van der Waals surface area contributed by atoms with Gasteiger partial charge >= 0.3 is 9.28 Å². The van der Waals surface area contributed by atoms with E-state index >= 15 is 0 Å². The molecule has 0 saturated heterocycles. The Kier molecular flexibility index (Phi) is 6.62. The van der Waals surface area contributed by atoms with Crippen molar-refractivity contribution in [2.24, 2.45) is 11.8 Å². The van der Waals surface area contributed by atoms with E-state index in [1.165, 1.54) is 38.5 Å². The smallest absolute Gasteiger partial charge is 0.324 e. The van der Waals surface area contributed by atoms with E-state index in [9.17, 15) is 0 Å².